The number of benzene rings is 1. The van der Waals surface area contributed by atoms with E-state index in [9.17, 15) is 14.9 Å². The summed E-state index contributed by atoms with van der Waals surface area (Å²) in [4.78, 5) is 23.2. The number of carboxylic acids is 1. The highest BCUT2D eigenvalue weighted by Gasteiger charge is 2.18. The van der Waals surface area contributed by atoms with Crippen LogP contribution >= 0.6 is 11.3 Å². The summed E-state index contributed by atoms with van der Waals surface area (Å²) < 4.78 is 0. The Bertz CT molecular complexity index is 871. The van der Waals surface area contributed by atoms with Crippen molar-refractivity contribution in [2.75, 3.05) is 5.32 Å². The highest BCUT2D eigenvalue weighted by atomic mass is 32.1. The molecule has 0 atom stereocenters. The van der Waals surface area contributed by atoms with Crippen LogP contribution in [0.5, 0.6) is 0 Å². The van der Waals surface area contributed by atoms with Crippen molar-refractivity contribution in [1.29, 1.82) is 5.26 Å². The predicted molar refractivity (Wildman–Crippen MR) is 98.7 cm³/mol. The summed E-state index contributed by atoms with van der Waals surface area (Å²) in [6.07, 6.45) is 1.68. The molecule has 0 unspecified atom stereocenters. The number of amides is 1. The second kappa shape index (κ2) is 7.77. The van der Waals surface area contributed by atoms with Gasteiger partial charge < -0.3 is 10.4 Å². The number of hydrogen-bond acceptors (Lipinski definition) is 4. The van der Waals surface area contributed by atoms with Gasteiger partial charge in [0.2, 0.25) is 5.91 Å². The van der Waals surface area contributed by atoms with Crippen molar-refractivity contribution in [3.05, 3.63) is 52.4 Å². The lowest BCUT2D eigenvalue weighted by molar-refractivity contribution is -0.131. The zero-order valence-corrected chi connectivity index (χ0v) is 15.0. The summed E-state index contributed by atoms with van der Waals surface area (Å²) in [6, 6.07) is 10.2. The molecule has 25 heavy (non-hydrogen) atoms. The molecule has 1 aromatic carbocycles. The van der Waals surface area contributed by atoms with Gasteiger partial charge in [-0.3, -0.25) is 4.79 Å². The van der Waals surface area contributed by atoms with E-state index in [1.54, 1.807) is 0 Å². The van der Waals surface area contributed by atoms with Crippen LogP contribution in [0.25, 0.3) is 11.1 Å². The molecule has 1 amide bonds. The Hall–Kier alpha value is -2.91. The number of nitriles is 1. The van der Waals surface area contributed by atoms with Crippen molar-refractivity contribution in [2.24, 2.45) is 0 Å². The topological polar surface area (TPSA) is 90.2 Å². The first-order chi connectivity index (χ1) is 11.8. The van der Waals surface area contributed by atoms with Crippen LogP contribution in [0.4, 0.5) is 5.00 Å². The molecule has 0 spiro atoms. The molecule has 0 aliphatic rings. The summed E-state index contributed by atoms with van der Waals surface area (Å²) >= 11 is 1.30. The van der Waals surface area contributed by atoms with Crippen LogP contribution in [0.3, 0.4) is 0 Å². The second-order valence-electron chi connectivity index (χ2n) is 5.79. The van der Waals surface area contributed by atoms with E-state index < -0.39 is 11.9 Å². The first-order valence-corrected chi connectivity index (χ1v) is 8.51. The lowest BCUT2D eigenvalue weighted by atomic mass is 9.97. The molecule has 2 rings (SSSR count). The monoisotopic (exact) mass is 354 g/mol. The normalized spacial score (nSPS) is 10.8. The van der Waals surface area contributed by atoms with Crippen molar-refractivity contribution in [1.82, 2.24) is 0 Å². The number of carbonyl (C=O) groups is 2. The molecular formula is C19H18N2O3S. The maximum absolute atomic E-state index is 11.8. The maximum Gasteiger partial charge on any atom is 0.328 e. The minimum Gasteiger partial charge on any atom is -0.478 e. The van der Waals surface area contributed by atoms with E-state index >= 15 is 0 Å². The summed E-state index contributed by atoms with van der Waals surface area (Å²) in [5, 5.41) is 21.1. The predicted octanol–water partition coefficient (Wildman–Crippen LogP) is 4.30. The van der Waals surface area contributed by atoms with E-state index in [0.29, 0.717) is 16.5 Å². The Kier molecular flexibility index (Phi) is 5.73. The van der Waals surface area contributed by atoms with Gasteiger partial charge in [-0.2, -0.15) is 5.26 Å². The molecule has 1 heterocycles. The fraction of sp³-hybridized carbons (Fsp3) is 0.211. The van der Waals surface area contributed by atoms with E-state index in [4.69, 9.17) is 5.11 Å². The number of hydrogen-bond donors (Lipinski definition) is 2. The van der Waals surface area contributed by atoms with Crippen LogP contribution < -0.4 is 5.32 Å². The highest BCUT2D eigenvalue weighted by Crippen LogP contribution is 2.39. The van der Waals surface area contributed by atoms with Gasteiger partial charge in [-0.15, -0.1) is 11.3 Å². The minimum atomic E-state index is -1.20. The molecule has 0 radical (unpaired) electrons. The lowest BCUT2D eigenvalue weighted by Crippen LogP contribution is -2.08. The Morgan fingerprint density at radius 3 is 2.40 bits per heavy atom. The van der Waals surface area contributed by atoms with Gasteiger partial charge in [-0.25, -0.2) is 4.79 Å². The third-order valence-corrected chi connectivity index (χ3v) is 4.70. The fourth-order valence-corrected chi connectivity index (χ4v) is 3.45. The van der Waals surface area contributed by atoms with Crippen LogP contribution in [-0.4, -0.2) is 17.0 Å². The van der Waals surface area contributed by atoms with Crippen molar-refractivity contribution in [2.45, 2.75) is 26.7 Å². The summed E-state index contributed by atoms with van der Waals surface area (Å²) in [5.74, 6) is -1.37. The number of anilines is 1. The van der Waals surface area contributed by atoms with Gasteiger partial charge in [0.05, 0.1) is 5.56 Å². The Morgan fingerprint density at radius 1 is 1.24 bits per heavy atom. The molecule has 0 saturated heterocycles. The molecule has 5 nitrogen and oxygen atoms in total. The molecule has 2 aromatic rings. The second-order valence-corrected chi connectivity index (χ2v) is 7.01. The van der Waals surface area contributed by atoms with Crippen molar-refractivity contribution in [3.63, 3.8) is 0 Å². The quantitative estimate of drug-likeness (QED) is 0.783. The fourth-order valence-electron chi connectivity index (χ4n) is 2.42. The van der Waals surface area contributed by atoms with Crippen molar-refractivity contribution in [3.8, 4) is 17.2 Å². The first kappa shape index (κ1) is 18.4. The smallest absolute Gasteiger partial charge is 0.328 e. The van der Waals surface area contributed by atoms with Crippen molar-refractivity contribution < 1.29 is 14.7 Å². The number of nitrogens with one attached hydrogen (secondary N) is 1. The Balaban J connectivity index is 2.38. The standard InChI is InChI=1S/C19H18N2O3S/c1-11(2)13-4-6-14(7-5-13)18-12(3)25-19(15(18)10-20)21-16(22)8-9-17(23)24/h4-9,11H,1-3H3,(H,21,22)(H,23,24). The molecule has 128 valence electrons. The molecule has 0 saturated carbocycles. The van der Waals surface area contributed by atoms with E-state index in [-0.39, 0.29) is 0 Å². The van der Waals surface area contributed by atoms with Crippen LogP contribution in [-0.2, 0) is 9.59 Å². The number of nitrogens with zero attached hydrogens (tertiary/aromatic N) is 1. The van der Waals surface area contributed by atoms with Gasteiger partial charge >= 0.3 is 5.97 Å². The molecule has 6 heteroatoms. The number of aliphatic carboxylic acids is 1. The molecule has 0 bridgehead atoms. The van der Waals surface area contributed by atoms with Crippen molar-refractivity contribution >= 4 is 28.2 Å². The lowest BCUT2D eigenvalue weighted by Gasteiger charge is -2.07. The number of aryl methyl sites for hydroxylation is 1. The molecule has 0 aliphatic carbocycles. The van der Waals surface area contributed by atoms with E-state index in [2.05, 4.69) is 25.2 Å². The van der Waals surface area contributed by atoms with Gasteiger partial charge in [-0.05, 0) is 24.0 Å². The molecule has 2 N–H and O–H groups in total. The molecule has 1 aromatic heterocycles. The van der Waals surface area contributed by atoms with Crippen LogP contribution in [0.15, 0.2) is 36.4 Å². The Labute approximate surface area is 150 Å². The maximum atomic E-state index is 11.8. The van der Waals surface area contributed by atoms with E-state index in [1.165, 1.54) is 16.9 Å². The van der Waals surface area contributed by atoms with Crippen LogP contribution in [0.2, 0.25) is 0 Å². The SMILES string of the molecule is Cc1sc(NC(=O)C=CC(=O)O)c(C#N)c1-c1ccc(C(C)C)cc1. The largest absolute Gasteiger partial charge is 0.478 e. The van der Waals surface area contributed by atoms with E-state index in [1.807, 2.05) is 31.2 Å². The number of carbonyl (C=O) groups excluding carboxylic acids is 1. The Morgan fingerprint density at radius 2 is 1.88 bits per heavy atom. The number of carboxylic acid groups (broad SMARTS) is 1. The third kappa shape index (κ3) is 4.34. The number of rotatable bonds is 5. The third-order valence-electron chi connectivity index (χ3n) is 3.68. The van der Waals surface area contributed by atoms with Crippen LogP contribution in [0.1, 0.15) is 35.8 Å². The van der Waals surface area contributed by atoms with Crippen LogP contribution in [0, 0.1) is 18.3 Å². The molecular weight excluding hydrogens is 336 g/mol. The van der Waals surface area contributed by atoms with E-state index in [0.717, 1.165) is 28.2 Å². The summed E-state index contributed by atoms with van der Waals surface area (Å²) in [6.45, 7) is 6.12. The zero-order valence-electron chi connectivity index (χ0n) is 14.2. The minimum absolute atomic E-state index is 0.386. The first-order valence-electron chi connectivity index (χ1n) is 7.69. The summed E-state index contributed by atoms with van der Waals surface area (Å²) in [5.41, 5.74) is 3.30. The zero-order chi connectivity index (χ0) is 18.6. The highest BCUT2D eigenvalue weighted by molar-refractivity contribution is 7.17. The van der Waals surface area contributed by atoms with Gasteiger partial charge in [0, 0.05) is 22.6 Å². The van der Waals surface area contributed by atoms with Gasteiger partial charge in [0.25, 0.3) is 0 Å². The van der Waals surface area contributed by atoms with Gasteiger partial charge in [-0.1, -0.05) is 38.1 Å². The average Bonchev–Trinajstić information content (AvgIpc) is 2.88. The number of thiophene rings is 1. The summed E-state index contributed by atoms with van der Waals surface area (Å²) in [7, 11) is 0. The average molecular weight is 354 g/mol. The molecule has 0 aliphatic heterocycles. The van der Waals surface area contributed by atoms with Gasteiger partial charge in [0.15, 0.2) is 0 Å². The molecule has 0 fully saturated rings. The van der Waals surface area contributed by atoms with Gasteiger partial charge in [0.1, 0.15) is 11.1 Å².